The van der Waals surface area contributed by atoms with Crippen LogP contribution in [0.2, 0.25) is 0 Å². The van der Waals surface area contributed by atoms with Crippen molar-refractivity contribution in [2.45, 2.75) is 50.9 Å². The predicted octanol–water partition coefficient (Wildman–Crippen LogP) is 1.85. The molecule has 2 aromatic rings. The highest BCUT2D eigenvalue weighted by Gasteiger charge is 2.44. The summed E-state index contributed by atoms with van der Waals surface area (Å²) in [7, 11) is 0. The minimum atomic E-state index is 0.163. The molecule has 7 heteroatoms. The molecule has 148 valence electrons. The molecule has 0 spiro atoms. The lowest BCUT2D eigenvalue weighted by atomic mass is 9.75. The predicted molar refractivity (Wildman–Crippen MR) is 104 cm³/mol. The number of aromatic nitrogens is 3. The summed E-state index contributed by atoms with van der Waals surface area (Å²) >= 11 is 0. The first-order valence-electron chi connectivity index (χ1n) is 10.4. The number of benzene rings is 1. The number of carbonyl (C=O) groups is 1. The zero-order valence-electron chi connectivity index (χ0n) is 16.0. The van der Waals surface area contributed by atoms with Crippen molar-refractivity contribution < 1.29 is 9.53 Å². The molecular weight excluding hydrogens is 354 g/mol. The van der Waals surface area contributed by atoms with E-state index in [1.165, 1.54) is 0 Å². The Morgan fingerprint density at radius 2 is 2.07 bits per heavy atom. The van der Waals surface area contributed by atoms with Gasteiger partial charge in [-0.15, -0.1) is 5.10 Å². The van der Waals surface area contributed by atoms with E-state index in [1.807, 2.05) is 41.2 Å². The Balaban J connectivity index is 1.15. The van der Waals surface area contributed by atoms with Gasteiger partial charge in [-0.25, -0.2) is 0 Å². The van der Waals surface area contributed by atoms with Gasteiger partial charge >= 0.3 is 0 Å². The summed E-state index contributed by atoms with van der Waals surface area (Å²) in [6.07, 6.45) is 6.48. The van der Waals surface area contributed by atoms with Crippen molar-refractivity contribution in [3.05, 3.63) is 42.2 Å². The summed E-state index contributed by atoms with van der Waals surface area (Å²) < 4.78 is 7.68. The van der Waals surface area contributed by atoms with E-state index in [1.54, 1.807) is 0 Å². The van der Waals surface area contributed by atoms with Crippen LogP contribution in [-0.4, -0.2) is 51.0 Å². The fourth-order valence-electron chi connectivity index (χ4n) is 4.54. The van der Waals surface area contributed by atoms with Crippen molar-refractivity contribution >= 4 is 5.91 Å². The summed E-state index contributed by atoms with van der Waals surface area (Å²) in [6.45, 7) is 3.21. The van der Waals surface area contributed by atoms with Gasteiger partial charge in [0, 0.05) is 18.6 Å². The van der Waals surface area contributed by atoms with Crippen molar-refractivity contribution in [2.75, 3.05) is 13.1 Å². The van der Waals surface area contributed by atoms with Crippen LogP contribution < -0.4 is 10.1 Å². The molecule has 7 nitrogen and oxygen atoms in total. The van der Waals surface area contributed by atoms with Gasteiger partial charge in [0.2, 0.25) is 5.91 Å². The lowest BCUT2D eigenvalue weighted by Crippen LogP contribution is -2.58. The first-order valence-corrected chi connectivity index (χ1v) is 10.4. The standard InChI is InChI=1S/C21H27N5O2/c27-21(22-16-6-7-16)20-13-25-9-8-15(20)10-18(25)12-26-11-17(23-24-26)14-28-19-4-2-1-3-5-19/h1-5,11,15-16,18,20H,6-10,12-14H2,(H,22,27)/t15-,18+,20-/m0/s1. The molecule has 4 fully saturated rings. The third-order valence-corrected chi connectivity index (χ3v) is 6.25. The molecule has 1 aromatic carbocycles. The van der Waals surface area contributed by atoms with Crippen molar-refractivity contribution in [3.63, 3.8) is 0 Å². The SMILES string of the molecule is O=C(NC1CC1)[C@H]1CN2CC[C@H]1C[C@@H]2Cn1cc(COc2ccccc2)nn1. The van der Waals surface area contributed by atoms with Crippen LogP contribution >= 0.6 is 0 Å². The van der Waals surface area contributed by atoms with Gasteiger partial charge in [0.05, 0.1) is 18.7 Å². The third kappa shape index (κ3) is 3.90. The summed E-state index contributed by atoms with van der Waals surface area (Å²) in [5, 5.41) is 11.7. The number of fused-ring (bicyclic) bond motifs is 3. The third-order valence-electron chi connectivity index (χ3n) is 6.25. The number of ether oxygens (including phenoxy) is 1. The number of nitrogens with one attached hydrogen (secondary N) is 1. The topological polar surface area (TPSA) is 72.3 Å². The number of rotatable bonds is 7. The molecule has 6 rings (SSSR count). The van der Waals surface area contributed by atoms with Gasteiger partial charge in [0.1, 0.15) is 18.1 Å². The van der Waals surface area contributed by atoms with Crippen LogP contribution in [0.15, 0.2) is 36.5 Å². The minimum Gasteiger partial charge on any atom is -0.487 e. The Kier molecular flexibility index (Phi) is 4.76. The van der Waals surface area contributed by atoms with Gasteiger partial charge in [-0.3, -0.25) is 14.4 Å². The Hall–Kier alpha value is -2.41. The molecule has 1 saturated carbocycles. The average Bonchev–Trinajstić information content (AvgIpc) is 3.44. The molecule has 1 N–H and O–H groups in total. The summed E-state index contributed by atoms with van der Waals surface area (Å²) in [6, 6.07) is 10.6. The molecule has 3 aliphatic heterocycles. The lowest BCUT2D eigenvalue weighted by Gasteiger charge is -2.49. The van der Waals surface area contributed by atoms with E-state index in [-0.39, 0.29) is 11.8 Å². The van der Waals surface area contributed by atoms with E-state index in [4.69, 9.17) is 4.74 Å². The van der Waals surface area contributed by atoms with Crippen LogP contribution in [0.25, 0.3) is 0 Å². The molecule has 1 unspecified atom stereocenters. The van der Waals surface area contributed by atoms with Crippen LogP contribution in [0, 0.1) is 11.8 Å². The van der Waals surface area contributed by atoms with Gasteiger partial charge in [0.25, 0.3) is 0 Å². The van der Waals surface area contributed by atoms with Gasteiger partial charge < -0.3 is 10.1 Å². The minimum absolute atomic E-state index is 0.163. The Bertz CT molecular complexity index is 819. The normalized spacial score (nSPS) is 28.9. The monoisotopic (exact) mass is 381 g/mol. The average molecular weight is 381 g/mol. The summed E-state index contributed by atoms with van der Waals surface area (Å²) in [5.74, 6) is 1.77. The fourth-order valence-corrected chi connectivity index (χ4v) is 4.54. The van der Waals surface area contributed by atoms with E-state index in [9.17, 15) is 4.79 Å². The zero-order chi connectivity index (χ0) is 18.9. The molecule has 4 heterocycles. The largest absolute Gasteiger partial charge is 0.487 e. The first-order chi connectivity index (χ1) is 13.7. The number of hydrogen-bond donors (Lipinski definition) is 1. The molecule has 1 amide bonds. The molecule has 3 saturated heterocycles. The van der Waals surface area contributed by atoms with Crippen LogP contribution in [0.1, 0.15) is 31.4 Å². The quantitative estimate of drug-likeness (QED) is 0.792. The number of para-hydroxylation sites is 1. The molecule has 2 bridgehead atoms. The van der Waals surface area contributed by atoms with Gasteiger partial charge in [-0.2, -0.15) is 0 Å². The Labute approximate surface area is 165 Å². The van der Waals surface area contributed by atoms with E-state index >= 15 is 0 Å². The second-order valence-electron chi connectivity index (χ2n) is 8.36. The molecule has 1 aliphatic carbocycles. The van der Waals surface area contributed by atoms with Crippen molar-refractivity contribution in [3.8, 4) is 5.75 Å². The second kappa shape index (κ2) is 7.54. The lowest BCUT2D eigenvalue weighted by molar-refractivity contribution is -0.133. The Morgan fingerprint density at radius 1 is 1.21 bits per heavy atom. The molecule has 0 radical (unpaired) electrons. The van der Waals surface area contributed by atoms with Crippen molar-refractivity contribution in [1.82, 2.24) is 25.2 Å². The number of piperidine rings is 3. The molecule has 1 aromatic heterocycles. The highest BCUT2D eigenvalue weighted by atomic mass is 16.5. The van der Waals surface area contributed by atoms with E-state index in [0.717, 1.165) is 56.8 Å². The number of carbonyl (C=O) groups excluding carboxylic acids is 1. The van der Waals surface area contributed by atoms with E-state index < -0.39 is 0 Å². The van der Waals surface area contributed by atoms with Crippen LogP contribution in [0.3, 0.4) is 0 Å². The first kappa shape index (κ1) is 17.7. The van der Waals surface area contributed by atoms with Crippen molar-refractivity contribution in [2.24, 2.45) is 11.8 Å². The maximum Gasteiger partial charge on any atom is 0.224 e. The van der Waals surface area contributed by atoms with Gasteiger partial charge in [0.15, 0.2) is 0 Å². The highest BCUT2D eigenvalue weighted by Crippen LogP contribution is 2.37. The molecule has 28 heavy (non-hydrogen) atoms. The summed E-state index contributed by atoms with van der Waals surface area (Å²) in [5.41, 5.74) is 0.835. The number of nitrogens with zero attached hydrogens (tertiary/aromatic N) is 4. The zero-order valence-corrected chi connectivity index (χ0v) is 16.0. The highest BCUT2D eigenvalue weighted by molar-refractivity contribution is 5.80. The smallest absolute Gasteiger partial charge is 0.224 e. The van der Waals surface area contributed by atoms with Crippen LogP contribution in [-0.2, 0) is 17.9 Å². The van der Waals surface area contributed by atoms with Gasteiger partial charge in [-0.05, 0) is 50.3 Å². The second-order valence-corrected chi connectivity index (χ2v) is 8.36. The maximum absolute atomic E-state index is 12.5. The van der Waals surface area contributed by atoms with Crippen LogP contribution in [0.4, 0.5) is 0 Å². The fraction of sp³-hybridized carbons (Fsp3) is 0.571. The molecule has 4 aliphatic rings. The van der Waals surface area contributed by atoms with E-state index in [0.29, 0.717) is 24.6 Å². The number of hydrogen-bond acceptors (Lipinski definition) is 5. The molecular formula is C21H27N5O2. The Morgan fingerprint density at radius 3 is 2.82 bits per heavy atom. The van der Waals surface area contributed by atoms with E-state index in [2.05, 4.69) is 20.5 Å². The van der Waals surface area contributed by atoms with Crippen LogP contribution in [0.5, 0.6) is 5.75 Å². The number of amides is 1. The summed E-state index contributed by atoms with van der Waals surface area (Å²) in [4.78, 5) is 15.0. The maximum atomic E-state index is 12.5. The van der Waals surface area contributed by atoms with Gasteiger partial charge in [-0.1, -0.05) is 23.4 Å². The van der Waals surface area contributed by atoms with Crippen molar-refractivity contribution in [1.29, 1.82) is 0 Å². The molecule has 4 atom stereocenters.